The van der Waals surface area contributed by atoms with Gasteiger partial charge in [-0.1, -0.05) is 44.2 Å². The van der Waals surface area contributed by atoms with E-state index in [0.29, 0.717) is 12.1 Å². The molecule has 33 heavy (non-hydrogen) atoms. The van der Waals surface area contributed by atoms with Gasteiger partial charge in [0.05, 0.1) is 11.7 Å². The fraction of sp³-hybridized carbons (Fsp3) is 0.480. The number of para-hydroxylation sites is 1. The molecule has 1 atom stereocenters. The van der Waals surface area contributed by atoms with Crippen molar-refractivity contribution in [1.29, 1.82) is 0 Å². The quantitative estimate of drug-likeness (QED) is 0.626. The Kier molecular flexibility index (Phi) is 7.39. The van der Waals surface area contributed by atoms with E-state index in [1.807, 2.05) is 50.2 Å². The van der Waals surface area contributed by atoms with E-state index in [-0.39, 0.29) is 24.1 Å². The summed E-state index contributed by atoms with van der Waals surface area (Å²) in [4.78, 5) is 13.3. The molecule has 2 aromatic carbocycles. The Hall–Kier alpha value is -2.58. The third kappa shape index (κ3) is 5.17. The molecule has 1 N–H and O–H groups in total. The zero-order valence-corrected chi connectivity index (χ0v) is 21.2. The van der Waals surface area contributed by atoms with Gasteiger partial charge >= 0.3 is 10.2 Å². The maximum absolute atomic E-state index is 13.3. The average Bonchev–Trinajstić information content (AvgIpc) is 2.78. The van der Waals surface area contributed by atoms with Crippen molar-refractivity contribution in [3.63, 3.8) is 0 Å². The minimum atomic E-state index is -3.88. The Morgan fingerprint density at radius 1 is 1.12 bits per heavy atom. The SMILES string of the molecule is CCC1(CC)C[C@H](NC(=O)CN(c2cc(C)ccc2C)S(=O)(=O)N(C)C)c2ccccc2O1. The second kappa shape index (κ2) is 9.73. The molecule has 0 aliphatic carbocycles. The van der Waals surface area contributed by atoms with Crippen molar-refractivity contribution in [2.24, 2.45) is 0 Å². The molecule has 1 amide bonds. The van der Waals surface area contributed by atoms with Crippen LogP contribution in [0.3, 0.4) is 0 Å². The van der Waals surface area contributed by atoms with Crippen LogP contribution in [0.4, 0.5) is 5.69 Å². The second-order valence-corrected chi connectivity index (χ2v) is 11.0. The molecule has 2 aromatic rings. The predicted octanol–water partition coefficient (Wildman–Crippen LogP) is 4.12. The summed E-state index contributed by atoms with van der Waals surface area (Å²) in [6.07, 6.45) is 2.26. The number of carbonyl (C=O) groups is 1. The van der Waals surface area contributed by atoms with Gasteiger partial charge in [-0.25, -0.2) is 4.31 Å². The number of hydrogen-bond acceptors (Lipinski definition) is 4. The summed E-state index contributed by atoms with van der Waals surface area (Å²) < 4.78 is 35.0. The van der Waals surface area contributed by atoms with Gasteiger partial charge in [0.1, 0.15) is 17.9 Å². The standard InChI is InChI=1S/C25H35N3O4S/c1-7-25(8-2)16-21(20-11-9-10-12-23(20)32-25)26-24(29)17-28(33(30,31)27(5)6)22-15-18(3)13-14-19(22)4/h9-15,21H,7-8,16-17H2,1-6H3,(H,26,29)/t21-/m0/s1. The van der Waals surface area contributed by atoms with Crippen molar-refractivity contribution >= 4 is 21.8 Å². The summed E-state index contributed by atoms with van der Waals surface area (Å²) in [5.74, 6) is 0.411. The number of carbonyl (C=O) groups excluding carboxylic acids is 1. The van der Waals surface area contributed by atoms with Crippen molar-refractivity contribution in [3.8, 4) is 5.75 Å². The van der Waals surface area contributed by atoms with E-state index in [9.17, 15) is 13.2 Å². The maximum Gasteiger partial charge on any atom is 0.304 e. The molecule has 3 rings (SSSR count). The topological polar surface area (TPSA) is 79.0 Å². The lowest BCUT2D eigenvalue weighted by molar-refractivity contribution is -0.121. The maximum atomic E-state index is 13.3. The smallest absolute Gasteiger partial charge is 0.304 e. The minimum Gasteiger partial charge on any atom is -0.487 e. The lowest BCUT2D eigenvalue weighted by Gasteiger charge is -2.42. The van der Waals surface area contributed by atoms with Crippen molar-refractivity contribution in [2.45, 2.75) is 58.6 Å². The Morgan fingerprint density at radius 2 is 1.79 bits per heavy atom. The number of fused-ring (bicyclic) bond motifs is 1. The van der Waals surface area contributed by atoms with E-state index >= 15 is 0 Å². The molecule has 1 aliphatic rings. The number of amides is 1. The van der Waals surface area contributed by atoms with Gasteiger partial charge < -0.3 is 10.1 Å². The summed E-state index contributed by atoms with van der Waals surface area (Å²) >= 11 is 0. The van der Waals surface area contributed by atoms with Crippen LogP contribution in [-0.2, 0) is 15.0 Å². The number of nitrogens with zero attached hydrogens (tertiary/aromatic N) is 2. The highest BCUT2D eigenvalue weighted by Crippen LogP contribution is 2.42. The highest BCUT2D eigenvalue weighted by molar-refractivity contribution is 7.90. The van der Waals surface area contributed by atoms with Crippen LogP contribution in [0.15, 0.2) is 42.5 Å². The zero-order chi connectivity index (χ0) is 24.4. The van der Waals surface area contributed by atoms with E-state index in [1.54, 1.807) is 6.07 Å². The van der Waals surface area contributed by atoms with Crippen LogP contribution in [0, 0.1) is 13.8 Å². The molecule has 8 heteroatoms. The Morgan fingerprint density at radius 3 is 2.42 bits per heavy atom. The van der Waals surface area contributed by atoms with E-state index < -0.39 is 10.2 Å². The number of hydrogen-bond donors (Lipinski definition) is 1. The third-order valence-electron chi connectivity index (χ3n) is 6.48. The van der Waals surface area contributed by atoms with Gasteiger partial charge in [0, 0.05) is 26.1 Å². The Bertz CT molecular complexity index is 1110. The van der Waals surface area contributed by atoms with E-state index in [0.717, 1.165) is 39.6 Å². The van der Waals surface area contributed by atoms with E-state index in [4.69, 9.17) is 4.74 Å². The average molecular weight is 474 g/mol. The van der Waals surface area contributed by atoms with Crippen LogP contribution in [-0.4, -0.2) is 44.9 Å². The molecule has 0 radical (unpaired) electrons. The Labute approximate surface area is 197 Å². The van der Waals surface area contributed by atoms with Gasteiger partial charge in [0.15, 0.2) is 0 Å². The summed E-state index contributed by atoms with van der Waals surface area (Å²) in [5, 5.41) is 3.10. The van der Waals surface area contributed by atoms with Crippen LogP contribution < -0.4 is 14.4 Å². The van der Waals surface area contributed by atoms with Crippen molar-refractivity contribution in [3.05, 3.63) is 59.2 Å². The van der Waals surface area contributed by atoms with Gasteiger partial charge in [-0.2, -0.15) is 12.7 Å². The van der Waals surface area contributed by atoms with Crippen LogP contribution >= 0.6 is 0 Å². The van der Waals surface area contributed by atoms with Gasteiger partial charge in [0.2, 0.25) is 5.91 Å². The molecule has 1 aliphatic heterocycles. The fourth-order valence-electron chi connectivity index (χ4n) is 4.28. The number of anilines is 1. The summed E-state index contributed by atoms with van der Waals surface area (Å²) in [6.45, 7) is 7.61. The summed E-state index contributed by atoms with van der Waals surface area (Å²) in [7, 11) is -0.940. The number of rotatable bonds is 8. The second-order valence-electron chi connectivity index (χ2n) is 8.94. The monoisotopic (exact) mass is 473 g/mol. The molecular formula is C25H35N3O4S. The minimum absolute atomic E-state index is 0.259. The van der Waals surface area contributed by atoms with Gasteiger partial charge in [-0.05, 0) is 49.9 Å². The van der Waals surface area contributed by atoms with E-state index in [1.165, 1.54) is 18.4 Å². The lowest BCUT2D eigenvalue weighted by atomic mass is 9.83. The number of nitrogens with one attached hydrogen (secondary N) is 1. The normalized spacial score (nSPS) is 17.2. The molecule has 1 heterocycles. The molecular weight excluding hydrogens is 438 g/mol. The first-order chi connectivity index (χ1) is 15.5. The summed E-state index contributed by atoms with van der Waals surface area (Å²) in [5.41, 5.74) is 2.75. The lowest BCUT2D eigenvalue weighted by Crippen LogP contribution is -2.49. The van der Waals surface area contributed by atoms with Gasteiger partial charge in [-0.15, -0.1) is 0 Å². The summed E-state index contributed by atoms with van der Waals surface area (Å²) in [6, 6.07) is 13.0. The van der Waals surface area contributed by atoms with Crippen LogP contribution in [0.2, 0.25) is 0 Å². The Balaban J connectivity index is 1.93. The molecule has 0 spiro atoms. The first-order valence-corrected chi connectivity index (χ1v) is 12.8. The van der Waals surface area contributed by atoms with Crippen LogP contribution in [0.25, 0.3) is 0 Å². The molecule has 0 saturated heterocycles. The molecule has 0 fully saturated rings. The molecule has 0 saturated carbocycles. The third-order valence-corrected chi connectivity index (χ3v) is 8.29. The first kappa shape index (κ1) is 25.1. The largest absolute Gasteiger partial charge is 0.487 e. The molecule has 180 valence electrons. The number of ether oxygens (including phenoxy) is 1. The molecule has 0 aromatic heterocycles. The predicted molar refractivity (Wildman–Crippen MR) is 132 cm³/mol. The highest BCUT2D eigenvalue weighted by Gasteiger charge is 2.39. The molecule has 7 nitrogen and oxygen atoms in total. The number of aryl methyl sites for hydroxylation is 2. The van der Waals surface area contributed by atoms with Crippen LogP contribution in [0.5, 0.6) is 5.75 Å². The van der Waals surface area contributed by atoms with Crippen LogP contribution in [0.1, 0.15) is 55.8 Å². The zero-order valence-electron chi connectivity index (χ0n) is 20.4. The highest BCUT2D eigenvalue weighted by atomic mass is 32.2. The molecule has 0 bridgehead atoms. The van der Waals surface area contributed by atoms with Crippen molar-refractivity contribution in [2.75, 3.05) is 24.9 Å². The van der Waals surface area contributed by atoms with Gasteiger partial charge in [0.25, 0.3) is 0 Å². The van der Waals surface area contributed by atoms with Crippen molar-refractivity contribution in [1.82, 2.24) is 9.62 Å². The van der Waals surface area contributed by atoms with Gasteiger partial charge in [-0.3, -0.25) is 4.79 Å². The van der Waals surface area contributed by atoms with Crippen molar-refractivity contribution < 1.29 is 17.9 Å². The molecule has 0 unspecified atom stereocenters. The number of benzene rings is 2. The van der Waals surface area contributed by atoms with E-state index in [2.05, 4.69) is 19.2 Å². The first-order valence-electron chi connectivity index (χ1n) is 11.4. The fourth-order valence-corrected chi connectivity index (χ4v) is 5.40.